The minimum atomic E-state index is -3.74. The average molecular weight is 475 g/mol. The summed E-state index contributed by atoms with van der Waals surface area (Å²) in [6.45, 7) is 5.56. The van der Waals surface area contributed by atoms with E-state index in [1.807, 2.05) is 45.0 Å². The van der Waals surface area contributed by atoms with Gasteiger partial charge in [0, 0.05) is 15.6 Å². The molecule has 2 N–H and O–H groups in total. The Morgan fingerprint density at radius 3 is 2.26 bits per heavy atom. The van der Waals surface area contributed by atoms with Crippen LogP contribution in [0.3, 0.4) is 0 Å². The van der Waals surface area contributed by atoms with Crippen LogP contribution in [0.25, 0.3) is 0 Å². The van der Waals surface area contributed by atoms with Crippen LogP contribution in [0.4, 0.5) is 11.4 Å². The topological polar surface area (TPSA) is 75.3 Å². The van der Waals surface area contributed by atoms with Gasteiger partial charge in [0.05, 0.1) is 15.8 Å². The van der Waals surface area contributed by atoms with Crippen molar-refractivity contribution in [1.29, 1.82) is 0 Å². The van der Waals surface area contributed by atoms with Crippen LogP contribution < -0.4 is 10.0 Å². The number of amides is 1. The lowest BCUT2D eigenvalue weighted by atomic mass is 10.1. The summed E-state index contributed by atoms with van der Waals surface area (Å²) in [5, 5.41) is 3.12. The van der Waals surface area contributed by atoms with Crippen LogP contribution >= 0.6 is 23.4 Å². The fourth-order valence-corrected chi connectivity index (χ4v) is 4.90. The number of sulfonamides is 1. The van der Waals surface area contributed by atoms with Gasteiger partial charge in [-0.15, -0.1) is 11.8 Å². The molecule has 5 nitrogen and oxygen atoms in total. The molecule has 3 rings (SSSR count). The lowest BCUT2D eigenvalue weighted by molar-refractivity contribution is -0.115. The molecule has 0 unspecified atom stereocenters. The van der Waals surface area contributed by atoms with E-state index in [1.54, 1.807) is 30.3 Å². The van der Waals surface area contributed by atoms with Crippen molar-refractivity contribution in [2.24, 2.45) is 0 Å². The number of rotatable bonds is 7. The van der Waals surface area contributed by atoms with E-state index in [0.717, 1.165) is 16.0 Å². The molecule has 0 spiro atoms. The zero-order valence-electron chi connectivity index (χ0n) is 17.3. The molecule has 3 aromatic carbocycles. The summed E-state index contributed by atoms with van der Waals surface area (Å²) >= 11 is 7.30. The molecule has 8 heteroatoms. The van der Waals surface area contributed by atoms with Crippen LogP contribution in [0.2, 0.25) is 5.02 Å². The van der Waals surface area contributed by atoms with Crippen molar-refractivity contribution in [3.05, 3.63) is 82.9 Å². The maximum atomic E-state index is 12.7. The summed E-state index contributed by atoms with van der Waals surface area (Å²) in [6.07, 6.45) is 0. The number of thioether (sulfide) groups is 1. The summed E-state index contributed by atoms with van der Waals surface area (Å²) in [7, 11) is -3.74. The molecule has 31 heavy (non-hydrogen) atoms. The molecule has 1 atom stereocenters. The van der Waals surface area contributed by atoms with E-state index in [-0.39, 0.29) is 16.1 Å². The maximum absolute atomic E-state index is 12.7. The summed E-state index contributed by atoms with van der Waals surface area (Å²) in [4.78, 5) is 13.5. The highest BCUT2D eigenvalue weighted by Crippen LogP contribution is 2.26. The van der Waals surface area contributed by atoms with Gasteiger partial charge in [0.15, 0.2) is 0 Å². The highest BCUT2D eigenvalue weighted by Gasteiger charge is 2.17. The van der Waals surface area contributed by atoms with Crippen LogP contribution in [0.1, 0.15) is 18.1 Å². The molecule has 0 saturated carbocycles. The van der Waals surface area contributed by atoms with Crippen LogP contribution in [0.5, 0.6) is 0 Å². The number of benzene rings is 3. The van der Waals surface area contributed by atoms with E-state index < -0.39 is 10.0 Å². The predicted octanol–water partition coefficient (Wildman–Crippen LogP) is 5.88. The lowest BCUT2D eigenvalue weighted by Crippen LogP contribution is -2.22. The summed E-state index contributed by atoms with van der Waals surface area (Å²) < 4.78 is 28.1. The van der Waals surface area contributed by atoms with Crippen molar-refractivity contribution in [3.63, 3.8) is 0 Å². The van der Waals surface area contributed by atoms with E-state index >= 15 is 0 Å². The van der Waals surface area contributed by atoms with Gasteiger partial charge in [-0.25, -0.2) is 8.42 Å². The Hall–Kier alpha value is -2.48. The van der Waals surface area contributed by atoms with Gasteiger partial charge in [0.1, 0.15) is 0 Å². The van der Waals surface area contributed by atoms with Gasteiger partial charge in [-0.05, 0) is 86.5 Å². The van der Waals surface area contributed by atoms with Gasteiger partial charge in [-0.1, -0.05) is 23.7 Å². The van der Waals surface area contributed by atoms with Crippen LogP contribution in [0.15, 0.2) is 76.5 Å². The first-order valence-corrected chi connectivity index (χ1v) is 12.3. The quantitative estimate of drug-likeness (QED) is 0.419. The molecule has 0 radical (unpaired) electrons. The minimum Gasteiger partial charge on any atom is -0.325 e. The van der Waals surface area contributed by atoms with Crippen LogP contribution in [-0.4, -0.2) is 19.6 Å². The number of carbonyl (C=O) groups excluding carboxylic acids is 1. The van der Waals surface area contributed by atoms with Gasteiger partial charge in [-0.2, -0.15) is 0 Å². The van der Waals surface area contributed by atoms with Gasteiger partial charge < -0.3 is 5.32 Å². The number of nitrogens with one attached hydrogen (secondary N) is 2. The van der Waals surface area contributed by atoms with E-state index in [1.165, 1.54) is 23.9 Å². The molecule has 0 heterocycles. The van der Waals surface area contributed by atoms with Crippen LogP contribution in [0, 0.1) is 13.8 Å². The SMILES string of the molecule is Cc1ccc(C)c(NS(=O)(=O)c2ccc(NC(=O)[C@H](C)Sc3ccc(Cl)cc3)cc2)c1. The highest BCUT2D eigenvalue weighted by molar-refractivity contribution is 8.00. The smallest absolute Gasteiger partial charge is 0.261 e. The van der Waals surface area contributed by atoms with E-state index in [4.69, 9.17) is 11.6 Å². The molecule has 0 saturated heterocycles. The molecule has 3 aromatic rings. The fraction of sp³-hybridized carbons (Fsp3) is 0.174. The average Bonchev–Trinajstić information content (AvgIpc) is 2.72. The zero-order valence-corrected chi connectivity index (χ0v) is 19.7. The first kappa shape index (κ1) is 23.2. The Labute approximate surface area is 192 Å². The van der Waals surface area contributed by atoms with Crippen molar-refractivity contribution >= 4 is 50.7 Å². The number of anilines is 2. The Kier molecular flexibility index (Phi) is 7.30. The minimum absolute atomic E-state index is 0.120. The number of aryl methyl sites for hydroxylation is 2. The number of carbonyl (C=O) groups is 1. The second kappa shape index (κ2) is 9.77. The Morgan fingerprint density at radius 1 is 0.968 bits per heavy atom. The molecular formula is C23H23ClN2O3S2. The first-order chi connectivity index (χ1) is 14.6. The van der Waals surface area contributed by atoms with Crippen molar-refractivity contribution in [2.75, 3.05) is 10.0 Å². The Balaban J connectivity index is 1.65. The highest BCUT2D eigenvalue weighted by atomic mass is 35.5. The van der Waals surface area contributed by atoms with Gasteiger partial charge >= 0.3 is 0 Å². The predicted molar refractivity (Wildman–Crippen MR) is 129 cm³/mol. The molecule has 0 aliphatic rings. The van der Waals surface area contributed by atoms with Crippen molar-refractivity contribution in [2.45, 2.75) is 35.8 Å². The largest absolute Gasteiger partial charge is 0.325 e. The third-order valence-electron chi connectivity index (χ3n) is 4.57. The lowest BCUT2D eigenvalue weighted by Gasteiger charge is -2.14. The number of hydrogen-bond acceptors (Lipinski definition) is 4. The Bertz CT molecular complexity index is 1180. The van der Waals surface area contributed by atoms with Gasteiger partial charge in [0.25, 0.3) is 10.0 Å². The van der Waals surface area contributed by atoms with E-state index in [9.17, 15) is 13.2 Å². The second-order valence-corrected chi connectivity index (χ2v) is 10.7. The van der Waals surface area contributed by atoms with Crippen molar-refractivity contribution in [3.8, 4) is 0 Å². The molecule has 0 bridgehead atoms. The molecule has 0 fully saturated rings. The standard InChI is InChI=1S/C23H23ClN2O3S2/c1-15-4-5-16(2)22(14-15)26-31(28,29)21-12-8-19(9-13-21)25-23(27)17(3)30-20-10-6-18(24)7-11-20/h4-14,17,26H,1-3H3,(H,25,27)/t17-/m0/s1. The molecule has 1 amide bonds. The molecule has 0 aliphatic heterocycles. The van der Waals surface area contributed by atoms with Gasteiger partial charge in [-0.3, -0.25) is 9.52 Å². The number of hydrogen-bond donors (Lipinski definition) is 2. The van der Waals surface area contributed by atoms with Crippen LogP contribution in [-0.2, 0) is 14.8 Å². The number of halogens is 1. The molecule has 0 aliphatic carbocycles. The van der Waals surface area contributed by atoms with E-state index in [2.05, 4.69) is 10.0 Å². The monoisotopic (exact) mass is 474 g/mol. The third-order valence-corrected chi connectivity index (χ3v) is 7.31. The summed E-state index contributed by atoms with van der Waals surface area (Å²) in [6, 6.07) is 19.0. The molecular weight excluding hydrogens is 452 g/mol. The normalized spacial score (nSPS) is 12.3. The first-order valence-electron chi connectivity index (χ1n) is 9.57. The maximum Gasteiger partial charge on any atom is 0.261 e. The fourth-order valence-electron chi connectivity index (χ4n) is 2.78. The van der Waals surface area contributed by atoms with Crippen molar-refractivity contribution < 1.29 is 13.2 Å². The third kappa shape index (κ3) is 6.26. The molecule has 162 valence electrons. The molecule has 0 aromatic heterocycles. The summed E-state index contributed by atoms with van der Waals surface area (Å²) in [5.41, 5.74) is 2.88. The Morgan fingerprint density at radius 2 is 1.61 bits per heavy atom. The summed E-state index contributed by atoms with van der Waals surface area (Å²) in [5.74, 6) is -0.177. The van der Waals surface area contributed by atoms with E-state index in [0.29, 0.717) is 16.4 Å². The van der Waals surface area contributed by atoms with Gasteiger partial charge in [0.2, 0.25) is 5.91 Å². The second-order valence-electron chi connectivity index (χ2n) is 7.15. The van der Waals surface area contributed by atoms with Crippen molar-refractivity contribution in [1.82, 2.24) is 0 Å². The zero-order chi connectivity index (χ0) is 22.6.